The summed E-state index contributed by atoms with van der Waals surface area (Å²) in [5.41, 5.74) is 22.3. The molecule has 4 atom stereocenters. The molecule has 0 aliphatic heterocycles. The Balaban J connectivity index is 3.09. The molecule has 226 valence electrons. The molecule has 0 saturated heterocycles. The average Bonchev–Trinajstić information content (AvgIpc) is 2.90. The van der Waals surface area contributed by atoms with Gasteiger partial charge in [0.25, 0.3) is 0 Å². The van der Waals surface area contributed by atoms with Gasteiger partial charge < -0.3 is 49.1 Å². The largest absolute Gasteiger partial charge is 0.481 e. The molecule has 0 aliphatic carbocycles. The molecule has 0 spiro atoms. The first-order valence-electron chi connectivity index (χ1n) is 12.8. The number of aliphatic carboxylic acids is 2. The second kappa shape index (κ2) is 17.8. The van der Waals surface area contributed by atoms with Gasteiger partial charge >= 0.3 is 11.9 Å². The van der Waals surface area contributed by atoms with Gasteiger partial charge in [0.1, 0.15) is 18.1 Å². The Morgan fingerprint density at radius 3 is 1.88 bits per heavy atom. The molecule has 1 rings (SSSR count). The number of carbonyl (C=O) groups excluding carboxylic acids is 4. The zero-order valence-corrected chi connectivity index (χ0v) is 22.5. The van der Waals surface area contributed by atoms with Crippen molar-refractivity contribution in [2.24, 2.45) is 27.9 Å². The lowest BCUT2D eigenvalue weighted by atomic mass is 10.0. The molecule has 0 aliphatic rings. The zero-order chi connectivity index (χ0) is 30.9. The van der Waals surface area contributed by atoms with Crippen molar-refractivity contribution in [3.05, 3.63) is 35.9 Å². The topological polar surface area (TPSA) is 295 Å². The number of primary amides is 1. The number of nitrogens with one attached hydrogen (secondary N) is 3. The normalized spacial score (nSPS) is 13.5. The average molecular weight is 579 g/mol. The Labute approximate surface area is 236 Å². The summed E-state index contributed by atoms with van der Waals surface area (Å²) in [6, 6.07) is 3.29. The highest BCUT2D eigenvalue weighted by molar-refractivity contribution is 5.94. The Hall–Kier alpha value is -4.73. The van der Waals surface area contributed by atoms with Crippen molar-refractivity contribution in [2.45, 2.75) is 69.1 Å². The van der Waals surface area contributed by atoms with Crippen LogP contribution in [0.3, 0.4) is 0 Å². The molecule has 0 radical (unpaired) electrons. The number of rotatable bonds is 19. The molecule has 0 saturated carbocycles. The molecule has 4 amide bonds. The molecule has 1 aromatic rings. The summed E-state index contributed by atoms with van der Waals surface area (Å²) in [5, 5.41) is 25.5. The Bertz CT molecular complexity index is 1090. The molecular formula is C25H38N8O8. The van der Waals surface area contributed by atoms with Gasteiger partial charge in [-0.2, -0.15) is 0 Å². The van der Waals surface area contributed by atoms with Crippen molar-refractivity contribution in [1.82, 2.24) is 16.0 Å². The third-order valence-electron chi connectivity index (χ3n) is 5.79. The van der Waals surface area contributed by atoms with E-state index in [9.17, 15) is 33.9 Å². The van der Waals surface area contributed by atoms with E-state index in [0.29, 0.717) is 12.0 Å². The van der Waals surface area contributed by atoms with E-state index in [1.807, 2.05) is 0 Å². The van der Waals surface area contributed by atoms with Crippen molar-refractivity contribution in [3.8, 4) is 0 Å². The van der Waals surface area contributed by atoms with E-state index in [1.165, 1.54) is 0 Å². The first-order valence-corrected chi connectivity index (χ1v) is 12.8. The summed E-state index contributed by atoms with van der Waals surface area (Å²) in [7, 11) is 0. The van der Waals surface area contributed by atoms with Gasteiger partial charge in [-0.05, 0) is 31.2 Å². The van der Waals surface area contributed by atoms with Gasteiger partial charge in [0, 0.05) is 25.8 Å². The van der Waals surface area contributed by atoms with Crippen LogP contribution in [0.25, 0.3) is 0 Å². The summed E-state index contributed by atoms with van der Waals surface area (Å²) in [6.07, 6.45) is -0.894. The van der Waals surface area contributed by atoms with Gasteiger partial charge in [-0.25, -0.2) is 4.79 Å². The highest BCUT2D eigenvalue weighted by Gasteiger charge is 2.31. The maximum absolute atomic E-state index is 13.3. The third kappa shape index (κ3) is 14.3. The van der Waals surface area contributed by atoms with Crippen LogP contribution in [0, 0.1) is 0 Å². The van der Waals surface area contributed by atoms with Gasteiger partial charge in [0.2, 0.25) is 23.6 Å². The van der Waals surface area contributed by atoms with Crippen molar-refractivity contribution in [2.75, 3.05) is 6.54 Å². The molecule has 13 N–H and O–H groups in total. The lowest BCUT2D eigenvalue weighted by Crippen LogP contribution is -2.57. The van der Waals surface area contributed by atoms with Crippen LogP contribution in [0.5, 0.6) is 0 Å². The molecule has 16 nitrogen and oxygen atoms in total. The summed E-state index contributed by atoms with van der Waals surface area (Å²) >= 11 is 0. The van der Waals surface area contributed by atoms with E-state index in [0.717, 1.165) is 0 Å². The number of carboxylic acid groups (broad SMARTS) is 2. The van der Waals surface area contributed by atoms with Gasteiger partial charge in [-0.3, -0.25) is 29.0 Å². The maximum atomic E-state index is 13.3. The highest BCUT2D eigenvalue weighted by Crippen LogP contribution is 2.08. The fourth-order valence-corrected chi connectivity index (χ4v) is 3.61. The van der Waals surface area contributed by atoms with E-state index >= 15 is 0 Å². The third-order valence-corrected chi connectivity index (χ3v) is 5.79. The van der Waals surface area contributed by atoms with E-state index in [2.05, 4.69) is 20.9 Å². The number of carbonyl (C=O) groups is 6. The lowest BCUT2D eigenvalue weighted by molar-refractivity contribution is -0.143. The fraction of sp³-hybridized carbons (Fsp3) is 0.480. The molecular weight excluding hydrogens is 540 g/mol. The quantitative estimate of drug-likeness (QED) is 0.0461. The first-order chi connectivity index (χ1) is 19.3. The van der Waals surface area contributed by atoms with Crippen LogP contribution in [-0.4, -0.2) is 82.5 Å². The summed E-state index contributed by atoms with van der Waals surface area (Å²) in [5.74, 6) is -6.00. The number of guanidine groups is 1. The highest BCUT2D eigenvalue weighted by atomic mass is 16.4. The second-order valence-electron chi connectivity index (χ2n) is 9.20. The molecule has 0 bridgehead atoms. The maximum Gasteiger partial charge on any atom is 0.326 e. The van der Waals surface area contributed by atoms with Crippen molar-refractivity contribution >= 4 is 41.5 Å². The van der Waals surface area contributed by atoms with Crippen LogP contribution in [0.15, 0.2) is 35.3 Å². The minimum Gasteiger partial charge on any atom is -0.481 e. The standard InChI is InChI=1S/C25H38N8O8/c26-15(7-4-12-30-25(28)29)21(37)31-16(8-10-19(27)34)22(38)33-18(13-14-5-2-1-3-6-14)23(39)32-17(24(40)41)9-11-20(35)36/h1-3,5-6,15-18H,4,7-13,26H2,(H2,27,34)(H,31,37)(H,32,39)(H,33,38)(H,35,36)(H,40,41)(H4,28,29,30). The number of aliphatic imine (C=N–C) groups is 1. The second-order valence-corrected chi connectivity index (χ2v) is 9.20. The Morgan fingerprint density at radius 2 is 1.32 bits per heavy atom. The molecule has 1 aromatic carbocycles. The Kier molecular flexibility index (Phi) is 14.9. The minimum atomic E-state index is -1.53. The van der Waals surface area contributed by atoms with Crippen LogP contribution in [0.2, 0.25) is 0 Å². The molecule has 41 heavy (non-hydrogen) atoms. The van der Waals surface area contributed by atoms with Crippen molar-refractivity contribution < 1.29 is 39.0 Å². The SMILES string of the molecule is NC(=O)CCC(NC(=O)C(N)CCCN=C(N)N)C(=O)NC(Cc1ccccc1)C(=O)NC(CCC(=O)O)C(=O)O. The number of nitrogens with zero attached hydrogens (tertiary/aromatic N) is 1. The number of carboxylic acids is 2. The number of amides is 4. The number of hydrogen-bond donors (Lipinski definition) is 9. The Morgan fingerprint density at radius 1 is 0.756 bits per heavy atom. The van der Waals surface area contributed by atoms with Gasteiger partial charge in [0.15, 0.2) is 5.96 Å². The predicted molar refractivity (Wildman–Crippen MR) is 147 cm³/mol. The minimum absolute atomic E-state index is 0.0650. The van der Waals surface area contributed by atoms with Crippen LogP contribution < -0.4 is 38.9 Å². The van der Waals surface area contributed by atoms with Crippen LogP contribution in [0.1, 0.15) is 44.1 Å². The molecule has 0 heterocycles. The summed E-state index contributed by atoms with van der Waals surface area (Å²) < 4.78 is 0. The first kappa shape index (κ1) is 34.3. The van der Waals surface area contributed by atoms with E-state index in [-0.39, 0.29) is 44.6 Å². The lowest BCUT2D eigenvalue weighted by Gasteiger charge is -2.25. The molecule has 0 aromatic heterocycles. The fourth-order valence-electron chi connectivity index (χ4n) is 3.61. The predicted octanol–water partition coefficient (Wildman–Crippen LogP) is -2.72. The number of benzene rings is 1. The monoisotopic (exact) mass is 578 g/mol. The van der Waals surface area contributed by atoms with E-state index in [1.54, 1.807) is 30.3 Å². The van der Waals surface area contributed by atoms with E-state index < -0.39 is 66.2 Å². The summed E-state index contributed by atoms with van der Waals surface area (Å²) in [6.45, 7) is 0.231. The van der Waals surface area contributed by atoms with Crippen molar-refractivity contribution in [3.63, 3.8) is 0 Å². The molecule has 16 heteroatoms. The van der Waals surface area contributed by atoms with Crippen LogP contribution in [0.4, 0.5) is 0 Å². The number of hydrogen-bond acceptors (Lipinski definition) is 8. The smallest absolute Gasteiger partial charge is 0.326 e. The van der Waals surface area contributed by atoms with Gasteiger partial charge in [-0.15, -0.1) is 0 Å². The van der Waals surface area contributed by atoms with E-state index in [4.69, 9.17) is 28.0 Å². The number of nitrogens with two attached hydrogens (primary N) is 4. The van der Waals surface area contributed by atoms with Gasteiger partial charge in [-0.1, -0.05) is 30.3 Å². The van der Waals surface area contributed by atoms with Gasteiger partial charge in [0.05, 0.1) is 6.04 Å². The van der Waals surface area contributed by atoms with Crippen LogP contribution >= 0.6 is 0 Å². The van der Waals surface area contributed by atoms with Crippen molar-refractivity contribution in [1.29, 1.82) is 0 Å². The molecule has 0 fully saturated rings. The van der Waals surface area contributed by atoms with Crippen LogP contribution in [-0.2, 0) is 35.2 Å². The summed E-state index contributed by atoms with van der Waals surface area (Å²) in [4.78, 5) is 76.7. The molecule has 4 unspecified atom stereocenters. The zero-order valence-electron chi connectivity index (χ0n) is 22.5.